The predicted molar refractivity (Wildman–Crippen MR) is 57.4 cm³/mol. The van der Waals surface area contributed by atoms with Gasteiger partial charge in [0.1, 0.15) is 6.61 Å². The molecular formula is C11H21NO3. The monoisotopic (exact) mass is 215 g/mol. The highest BCUT2D eigenvalue weighted by Crippen LogP contribution is 2.40. The van der Waals surface area contributed by atoms with Crippen molar-refractivity contribution in [2.75, 3.05) is 13.2 Å². The normalized spacial score (nSPS) is 28.3. The van der Waals surface area contributed by atoms with Crippen molar-refractivity contribution in [3.63, 3.8) is 0 Å². The van der Waals surface area contributed by atoms with Gasteiger partial charge in [-0.05, 0) is 12.8 Å². The Balaban J connectivity index is 2.22. The third kappa shape index (κ3) is 2.92. The molecule has 2 N–H and O–H groups in total. The fourth-order valence-corrected chi connectivity index (χ4v) is 1.69. The van der Waals surface area contributed by atoms with Gasteiger partial charge in [-0.2, -0.15) is 0 Å². The summed E-state index contributed by atoms with van der Waals surface area (Å²) in [6.07, 6.45) is 1.26. The number of carbonyl (C=O) groups excluding carboxylic acids is 1. The second-order valence-corrected chi connectivity index (χ2v) is 4.75. The molecule has 2 unspecified atom stereocenters. The van der Waals surface area contributed by atoms with Crippen LogP contribution in [-0.2, 0) is 9.53 Å². The first-order valence-electron chi connectivity index (χ1n) is 5.53. The van der Waals surface area contributed by atoms with Crippen molar-refractivity contribution in [2.24, 2.45) is 5.41 Å². The maximum atomic E-state index is 11.4. The summed E-state index contributed by atoms with van der Waals surface area (Å²) in [5.41, 5.74) is -0.208. The van der Waals surface area contributed by atoms with Crippen molar-refractivity contribution < 1.29 is 14.6 Å². The molecule has 1 rings (SSSR count). The van der Waals surface area contributed by atoms with E-state index in [9.17, 15) is 9.90 Å². The molecule has 88 valence electrons. The first-order valence-corrected chi connectivity index (χ1v) is 5.53. The highest BCUT2D eigenvalue weighted by Gasteiger charge is 2.47. The summed E-state index contributed by atoms with van der Waals surface area (Å²) in [7, 11) is 0. The van der Waals surface area contributed by atoms with Crippen molar-refractivity contribution >= 4 is 5.91 Å². The number of hydrogen-bond acceptors (Lipinski definition) is 3. The van der Waals surface area contributed by atoms with E-state index in [2.05, 4.69) is 5.32 Å². The minimum atomic E-state index is -0.306. The van der Waals surface area contributed by atoms with Crippen LogP contribution in [-0.4, -0.2) is 36.4 Å². The average molecular weight is 215 g/mol. The van der Waals surface area contributed by atoms with E-state index in [-0.39, 0.29) is 30.1 Å². The summed E-state index contributed by atoms with van der Waals surface area (Å²) in [6, 6.07) is 0.0743. The molecule has 0 bridgehead atoms. The van der Waals surface area contributed by atoms with Gasteiger partial charge in [-0.1, -0.05) is 20.8 Å². The lowest BCUT2D eigenvalue weighted by molar-refractivity contribution is -0.133. The van der Waals surface area contributed by atoms with E-state index in [1.54, 1.807) is 0 Å². The highest BCUT2D eigenvalue weighted by molar-refractivity contribution is 5.77. The predicted octanol–water partition coefficient (Wildman–Crippen LogP) is 0.689. The molecule has 4 nitrogen and oxygen atoms in total. The van der Waals surface area contributed by atoms with Gasteiger partial charge in [0, 0.05) is 18.1 Å². The second-order valence-electron chi connectivity index (χ2n) is 4.75. The van der Waals surface area contributed by atoms with Crippen molar-refractivity contribution in [3.8, 4) is 0 Å². The molecule has 2 atom stereocenters. The average Bonchev–Trinajstić information content (AvgIpc) is 2.18. The van der Waals surface area contributed by atoms with Gasteiger partial charge in [0.25, 0.3) is 0 Å². The van der Waals surface area contributed by atoms with Crippen LogP contribution in [0, 0.1) is 5.41 Å². The van der Waals surface area contributed by atoms with Crippen LogP contribution in [0.15, 0.2) is 0 Å². The topological polar surface area (TPSA) is 58.6 Å². The molecule has 1 aliphatic rings. The Morgan fingerprint density at radius 2 is 2.27 bits per heavy atom. The molecule has 0 aliphatic heterocycles. The minimum absolute atomic E-state index is 0.0743. The summed E-state index contributed by atoms with van der Waals surface area (Å²) >= 11 is 0. The quantitative estimate of drug-likeness (QED) is 0.663. The zero-order chi connectivity index (χ0) is 11.5. The maximum absolute atomic E-state index is 11.4. The smallest absolute Gasteiger partial charge is 0.246 e. The molecule has 1 saturated carbocycles. The molecule has 1 amide bonds. The van der Waals surface area contributed by atoms with Crippen LogP contribution in [0.3, 0.4) is 0 Å². The third-order valence-corrected chi connectivity index (χ3v) is 3.13. The summed E-state index contributed by atoms with van der Waals surface area (Å²) < 4.78 is 5.13. The lowest BCUT2D eigenvalue weighted by Gasteiger charge is -2.49. The number of ether oxygens (including phenoxy) is 1. The number of rotatable bonds is 5. The van der Waals surface area contributed by atoms with Gasteiger partial charge in [-0.25, -0.2) is 0 Å². The molecule has 0 aromatic rings. The summed E-state index contributed by atoms with van der Waals surface area (Å²) in [6.45, 7) is 6.65. The highest BCUT2D eigenvalue weighted by atomic mass is 16.5. The van der Waals surface area contributed by atoms with Crippen LogP contribution >= 0.6 is 0 Å². The van der Waals surface area contributed by atoms with E-state index in [1.807, 2.05) is 20.8 Å². The summed E-state index contributed by atoms with van der Waals surface area (Å²) in [5.74, 6) is -0.0894. The van der Waals surface area contributed by atoms with Crippen LogP contribution in [0.25, 0.3) is 0 Å². The van der Waals surface area contributed by atoms with Gasteiger partial charge in [-0.15, -0.1) is 0 Å². The number of carbonyl (C=O) groups is 1. The van der Waals surface area contributed by atoms with Crippen LogP contribution in [0.2, 0.25) is 0 Å². The van der Waals surface area contributed by atoms with Gasteiger partial charge >= 0.3 is 0 Å². The molecule has 4 heteroatoms. The van der Waals surface area contributed by atoms with Gasteiger partial charge < -0.3 is 15.2 Å². The molecular weight excluding hydrogens is 194 g/mol. The van der Waals surface area contributed by atoms with E-state index in [0.29, 0.717) is 13.0 Å². The fraction of sp³-hybridized carbons (Fsp3) is 0.909. The molecule has 0 heterocycles. The molecule has 0 aromatic carbocycles. The Hall–Kier alpha value is -0.610. The Morgan fingerprint density at radius 1 is 1.60 bits per heavy atom. The van der Waals surface area contributed by atoms with Crippen molar-refractivity contribution in [1.29, 1.82) is 0 Å². The first kappa shape index (κ1) is 12.5. The molecule has 1 fully saturated rings. The lowest BCUT2D eigenvalue weighted by atomic mass is 9.64. The Bertz CT molecular complexity index is 228. The standard InChI is InChI=1S/C11H21NO3/c1-4-5-15-7-10(14)12-8-6-9(13)11(8,2)3/h8-9,13H,4-7H2,1-3H3,(H,12,14). The molecule has 0 saturated heterocycles. The molecule has 0 aromatic heterocycles. The van der Waals surface area contributed by atoms with Gasteiger partial charge in [0.15, 0.2) is 0 Å². The van der Waals surface area contributed by atoms with E-state index < -0.39 is 0 Å². The zero-order valence-electron chi connectivity index (χ0n) is 9.75. The third-order valence-electron chi connectivity index (χ3n) is 3.13. The molecule has 0 radical (unpaired) electrons. The molecule has 1 aliphatic carbocycles. The Kier molecular flexibility index (Phi) is 4.11. The van der Waals surface area contributed by atoms with Crippen LogP contribution in [0.4, 0.5) is 0 Å². The number of hydrogen-bond donors (Lipinski definition) is 2. The fourth-order valence-electron chi connectivity index (χ4n) is 1.69. The van der Waals surface area contributed by atoms with E-state index in [1.165, 1.54) is 0 Å². The number of aliphatic hydroxyl groups excluding tert-OH is 1. The second kappa shape index (κ2) is 4.94. The van der Waals surface area contributed by atoms with Crippen molar-refractivity contribution in [3.05, 3.63) is 0 Å². The van der Waals surface area contributed by atoms with Gasteiger partial charge in [0.05, 0.1) is 6.10 Å². The van der Waals surface area contributed by atoms with Crippen LogP contribution in [0.5, 0.6) is 0 Å². The van der Waals surface area contributed by atoms with Crippen molar-refractivity contribution in [1.82, 2.24) is 5.32 Å². The number of amides is 1. The zero-order valence-corrected chi connectivity index (χ0v) is 9.75. The lowest BCUT2D eigenvalue weighted by Crippen LogP contribution is -2.61. The Labute approximate surface area is 91.0 Å². The maximum Gasteiger partial charge on any atom is 0.246 e. The van der Waals surface area contributed by atoms with E-state index in [0.717, 1.165) is 6.42 Å². The summed E-state index contributed by atoms with van der Waals surface area (Å²) in [5, 5.41) is 12.4. The largest absolute Gasteiger partial charge is 0.392 e. The summed E-state index contributed by atoms with van der Waals surface area (Å²) in [4.78, 5) is 11.4. The van der Waals surface area contributed by atoms with Crippen LogP contribution in [0.1, 0.15) is 33.6 Å². The van der Waals surface area contributed by atoms with Gasteiger partial charge in [0.2, 0.25) is 5.91 Å². The molecule has 0 spiro atoms. The van der Waals surface area contributed by atoms with Gasteiger partial charge in [-0.3, -0.25) is 4.79 Å². The number of aliphatic hydroxyl groups is 1. The molecule has 15 heavy (non-hydrogen) atoms. The SMILES string of the molecule is CCCOCC(=O)NC1CC(O)C1(C)C. The minimum Gasteiger partial charge on any atom is -0.392 e. The van der Waals surface area contributed by atoms with E-state index in [4.69, 9.17) is 4.74 Å². The van der Waals surface area contributed by atoms with E-state index >= 15 is 0 Å². The van der Waals surface area contributed by atoms with Crippen LogP contribution < -0.4 is 5.32 Å². The number of nitrogens with one attached hydrogen (secondary N) is 1. The first-order chi connectivity index (χ1) is 6.98. The van der Waals surface area contributed by atoms with Crippen molar-refractivity contribution in [2.45, 2.75) is 45.8 Å². The Morgan fingerprint density at radius 3 is 2.73 bits per heavy atom.